The highest BCUT2D eigenvalue weighted by Crippen LogP contribution is 2.24. The van der Waals surface area contributed by atoms with Crippen LogP contribution in [0, 0.1) is 19.3 Å². The molecule has 1 saturated heterocycles. The van der Waals surface area contributed by atoms with Crippen LogP contribution in [0.2, 0.25) is 0 Å². The van der Waals surface area contributed by atoms with E-state index in [1.807, 2.05) is 21.3 Å². The van der Waals surface area contributed by atoms with Crippen molar-refractivity contribution in [2.75, 3.05) is 32.8 Å². The van der Waals surface area contributed by atoms with Gasteiger partial charge in [0.2, 0.25) is 0 Å². The van der Waals surface area contributed by atoms with Crippen LogP contribution >= 0.6 is 15.9 Å². The van der Waals surface area contributed by atoms with E-state index in [1.165, 1.54) is 0 Å². The van der Waals surface area contributed by atoms with Gasteiger partial charge < -0.3 is 9.30 Å². The maximum atomic E-state index is 8.76. The van der Waals surface area contributed by atoms with Crippen molar-refractivity contribution in [3.63, 3.8) is 0 Å². The van der Waals surface area contributed by atoms with Gasteiger partial charge in [0.05, 0.1) is 24.9 Å². The Bertz CT molecular complexity index is 1030. The Morgan fingerprint density at radius 1 is 1.14 bits per heavy atom. The highest BCUT2D eigenvalue weighted by atomic mass is 79.9. The minimum atomic E-state index is 0.517. The second kappa shape index (κ2) is 8.14. The smallest absolute Gasteiger partial charge is 0.151 e. The Morgan fingerprint density at radius 2 is 1.93 bits per heavy atom. The molecule has 0 aliphatic carbocycles. The summed E-state index contributed by atoms with van der Waals surface area (Å²) in [4.78, 5) is 11.6. The summed E-state index contributed by atoms with van der Waals surface area (Å²) in [5.41, 5.74) is 3.46. The van der Waals surface area contributed by atoms with Crippen molar-refractivity contribution < 1.29 is 4.74 Å². The third-order valence-electron chi connectivity index (χ3n) is 5.45. The van der Waals surface area contributed by atoms with Gasteiger partial charge in [-0.15, -0.1) is 0 Å². The lowest BCUT2D eigenvalue weighted by molar-refractivity contribution is 0.0369. The molecule has 4 rings (SSSR count). The molecule has 1 aliphatic heterocycles. The summed E-state index contributed by atoms with van der Waals surface area (Å²) >= 11 is 3.43. The highest BCUT2D eigenvalue weighted by Gasteiger charge is 2.17. The number of hydrogen-bond donors (Lipinski definition) is 1. The molecule has 4 heterocycles. The Morgan fingerprint density at radius 3 is 2.64 bits per heavy atom. The van der Waals surface area contributed by atoms with Crippen LogP contribution in [-0.2, 0) is 11.3 Å². The fraction of sp³-hybridized carbons (Fsp3) is 0.450. The van der Waals surface area contributed by atoms with Crippen LogP contribution in [0.5, 0.6) is 0 Å². The van der Waals surface area contributed by atoms with E-state index >= 15 is 0 Å². The molecule has 1 fully saturated rings. The van der Waals surface area contributed by atoms with E-state index in [1.54, 1.807) is 12.5 Å². The Labute approximate surface area is 172 Å². The number of rotatable bonds is 5. The predicted octanol–water partition coefficient (Wildman–Crippen LogP) is 2.80. The van der Waals surface area contributed by atoms with Gasteiger partial charge in [-0.05, 0) is 53.9 Å². The topological polar surface area (TPSA) is 72.0 Å². The summed E-state index contributed by atoms with van der Waals surface area (Å²) < 4.78 is 10.3. The van der Waals surface area contributed by atoms with E-state index in [2.05, 4.69) is 39.7 Å². The molecule has 7 nitrogen and oxygen atoms in total. The van der Waals surface area contributed by atoms with Crippen LogP contribution in [0.4, 0.5) is 0 Å². The zero-order valence-corrected chi connectivity index (χ0v) is 17.9. The van der Waals surface area contributed by atoms with E-state index in [0.29, 0.717) is 5.49 Å². The first-order valence-corrected chi connectivity index (χ1v) is 10.4. The summed E-state index contributed by atoms with van der Waals surface area (Å²) in [5, 5.41) is 9.66. The number of hydrogen-bond acceptors (Lipinski definition) is 5. The summed E-state index contributed by atoms with van der Waals surface area (Å²) in [6.07, 6.45) is 4.57. The van der Waals surface area contributed by atoms with Crippen LogP contribution in [0.25, 0.3) is 16.9 Å². The van der Waals surface area contributed by atoms with Gasteiger partial charge in [0.25, 0.3) is 0 Å². The molecule has 0 aromatic carbocycles. The van der Waals surface area contributed by atoms with Crippen molar-refractivity contribution in [2.24, 2.45) is 0 Å². The molecular formula is C20H25BrN6O. The van der Waals surface area contributed by atoms with Crippen LogP contribution in [-0.4, -0.2) is 56.9 Å². The minimum absolute atomic E-state index is 0.517. The number of aromatic nitrogens is 4. The molecule has 8 heteroatoms. The largest absolute Gasteiger partial charge is 0.379 e. The second-order valence-electron chi connectivity index (χ2n) is 7.17. The van der Waals surface area contributed by atoms with Crippen molar-refractivity contribution in [1.29, 1.82) is 5.41 Å². The number of ether oxygens (including phenoxy) is 1. The summed E-state index contributed by atoms with van der Waals surface area (Å²) in [6.45, 7) is 9.57. The quantitative estimate of drug-likeness (QED) is 0.656. The molecule has 28 heavy (non-hydrogen) atoms. The molecule has 0 unspecified atom stereocenters. The Balaban J connectivity index is 1.63. The lowest BCUT2D eigenvalue weighted by atomic mass is 10.2. The third-order valence-corrected chi connectivity index (χ3v) is 5.92. The van der Waals surface area contributed by atoms with Gasteiger partial charge >= 0.3 is 0 Å². The summed E-state index contributed by atoms with van der Waals surface area (Å²) in [7, 11) is 0. The highest BCUT2D eigenvalue weighted by molar-refractivity contribution is 9.10. The van der Waals surface area contributed by atoms with Gasteiger partial charge in [0, 0.05) is 42.5 Å². The first kappa shape index (κ1) is 19.3. The van der Waals surface area contributed by atoms with Gasteiger partial charge in [-0.25, -0.2) is 9.97 Å². The lowest BCUT2D eigenvalue weighted by Crippen LogP contribution is -2.37. The Kier molecular flexibility index (Phi) is 5.61. The fourth-order valence-electron chi connectivity index (χ4n) is 3.76. The first-order chi connectivity index (χ1) is 13.6. The first-order valence-electron chi connectivity index (χ1n) is 9.60. The lowest BCUT2D eigenvalue weighted by Gasteiger charge is -2.26. The summed E-state index contributed by atoms with van der Waals surface area (Å²) in [6, 6.07) is 3.93. The number of aryl methyl sites for hydroxylation is 2. The molecule has 0 radical (unpaired) electrons. The number of pyridine rings is 1. The number of morpholine rings is 1. The number of nitrogens with one attached hydrogen (secondary N) is 1. The average Bonchev–Trinajstić information content (AvgIpc) is 2.96. The SMILES string of the molecule is Cc1c(C)n(-c2ccc(Br)cn2)c2ncn(CCCN3CCOCC3)c(=N)c12. The molecule has 0 saturated carbocycles. The van der Waals surface area contributed by atoms with Crippen molar-refractivity contribution in [3.05, 3.63) is 45.9 Å². The van der Waals surface area contributed by atoms with Crippen molar-refractivity contribution in [3.8, 4) is 5.82 Å². The van der Waals surface area contributed by atoms with Gasteiger partial charge in [-0.3, -0.25) is 14.9 Å². The van der Waals surface area contributed by atoms with Gasteiger partial charge in [0.15, 0.2) is 5.65 Å². The van der Waals surface area contributed by atoms with E-state index < -0.39 is 0 Å². The van der Waals surface area contributed by atoms with E-state index in [9.17, 15) is 0 Å². The molecule has 0 bridgehead atoms. The molecule has 1 aliphatic rings. The number of fused-ring (bicyclic) bond motifs is 1. The van der Waals surface area contributed by atoms with Gasteiger partial charge in [-0.2, -0.15) is 0 Å². The number of halogens is 1. The van der Waals surface area contributed by atoms with Gasteiger partial charge in [0.1, 0.15) is 11.3 Å². The molecule has 3 aromatic rings. The second-order valence-corrected chi connectivity index (χ2v) is 8.09. The molecule has 0 atom stereocenters. The molecule has 3 aromatic heterocycles. The van der Waals surface area contributed by atoms with Crippen LogP contribution < -0.4 is 5.49 Å². The fourth-order valence-corrected chi connectivity index (χ4v) is 3.99. The van der Waals surface area contributed by atoms with Crippen LogP contribution in [0.1, 0.15) is 17.7 Å². The molecule has 0 spiro atoms. The zero-order chi connectivity index (χ0) is 19.7. The monoisotopic (exact) mass is 444 g/mol. The average molecular weight is 445 g/mol. The maximum Gasteiger partial charge on any atom is 0.151 e. The van der Waals surface area contributed by atoms with Crippen molar-refractivity contribution in [1.82, 2.24) is 24.0 Å². The maximum absolute atomic E-state index is 8.76. The van der Waals surface area contributed by atoms with Crippen LogP contribution in [0.3, 0.4) is 0 Å². The van der Waals surface area contributed by atoms with E-state index in [-0.39, 0.29) is 0 Å². The van der Waals surface area contributed by atoms with E-state index in [0.717, 1.165) is 78.4 Å². The van der Waals surface area contributed by atoms with Crippen LogP contribution in [0.15, 0.2) is 29.1 Å². The third kappa shape index (κ3) is 3.64. The zero-order valence-electron chi connectivity index (χ0n) is 16.3. The predicted molar refractivity (Wildman–Crippen MR) is 112 cm³/mol. The molecule has 1 N–H and O–H groups in total. The van der Waals surface area contributed by atoms with Gasteiger partial charge in [-0.1, -0.05) is 0 Å². The molecule has 148 valence electrons. The number of nitrogens with zero attached hydrogens (tertiary/aromatic N) is 5. The minimum Gasteiger partial charge on any atom is -0.379 e. The normalized spacial score (nSPS) is 15.4. The van der Waals surface area contributed by atoms with Crippen molar-refractivity contribution >= 4 is 27.0 Å². The standard InChI is InChI=1S/C20H25BrN6O/c1-14-15(2)27(17-5-4-16(21)12-23-17)20-18(14)19(22)26(13-24-20)7-3-6-25-8-10-28-11-9-25/h4-5,12-13,22H,3,6-11H2,1-2H3. The molecule has 0 amide bonds. The molecular weight excluding hydrogens is 420 g/mol. The summed E-state index contributed by atoms with van der Waals surface area (Å²) in [5.74, 6) is 0.816. The van der Waals surface area contributed by atoms with Crippen molar-refractivity contribution in [2.45, 2.75) is 26.8 Å². The Hall–Kier alpha value is -2.03. The van der Waals surface area contributed by atoms with E-state index in [4.69, 9.17) is 15.1 Å².